The Hall–Kier alpha value is -1.56. The van der Waals surface area contributed by atoms with Crippen LogP contribution in [0.3, 0.4) is 0 Å². The molecule has 2 N–H and O–H groups in total. The number of aromatic hydroxyl groups is 2. The van der Waals surface area contributed by atoms with Gasteiger partial charge in [-0.1, -0.05) is 0 Å². The van der Waals surface area contributed by atoms with Crippen LogP contribution in [0.5, 0.6) is 11.5 Å². The molecule has 1 heterocycles. The molecule has 0 aliphatic carbocycles. The zero-order chi connectivity index (χ0) is 12.0. The second-order valence-electron chi connectivity index (χ2n) is 3.70. The van der Waals surface area contributed by atoms with Crippen LogP contribution in [0.15, 0.2) is 40.8 Å². The molecule has 0 amide bonds. The number of rotatable bonds is 0. The van der Waals surface area contributed by atoms with Crippen molar-refractivity contribution in [3.05, 3.63) is 41.3 Å². The summed E-state index contributed by atoms with van der Waals surface area (Å²) in [6.07, 6.45) is 0. The Morgan fingerprint density at radius 3 is 1.78 bits per heavy atom. The number of fused-ring (bicyclic) bond motifs is 2. The SMILES string of the molecule is O=[n+]1c2ccc(O)cc2oc2cc(O)ccc21.[Na]. The first kappa shape index (κ1) is 12.9. The van der Waals surface area contributed by atoms with E-state index in [1.165, 1.54) is 36.4 Å². The van der Waals surface area contributed by atoms with Crippen LogP contribution in [0.1, 0.15) is 0 Å². The van der Waals surface area contributed by atoms with E-state index in [1.54, 1.807) is 0 Å². The summed E-state index contributed by atoms with van der Waals surface area (Å²) in [5.74, 6) is 0.0292. The Bertz CT molecular complexity index is 734. The number of aromatic nitrogens is 1. The zero-order valence-electron chi connectivity index (χ0n) is 9.62. The van der Waals surface area contributed by atoms with Crippen LogP contribution in [-0.4, -0.2) is 39.8 Å². The van der Waals surface area contributed by atoms with Gasteiger partial charge in [-0.25, -0.2) is 0 Å². The van der Waals surface area contributed by atoms with E-state index >= 15 is 0 Å². The van der Waals surface area contributed by atoms with Crippen molar-refractivity contribution in [2.45, 2.75) is 0 Å². The first-order valence-corrected chi connectivity index (χ1v) is 4.96. The smallest absolute Gasteiger partial charge is 0.306 e. The fourth-order valence-electron chi connectivity index (χ4n) is 1.75. The molecule has 3 rings (SSSR count). The largest absolute Gasteiger partial charge is 0.508 e. The monoisotopic (exact) mass is 253 g/mol. The molecule has 0 saturated heterocycles. The van der Waals surface area contributed by atoms with Crippen LogP contribution < -0.4 is 4.43 Å². The van der Waals surface area contributed by atoms with Gasteiger partial charge in [0.05, 0.1) is 4.43 Å². The number of phenolic OH excluding ortho intramolecular Hbond substituents is 2. The van der Waals surface area contributed by atoms with Gasteiger partial charge >= 0.3 is 11.0 Å². The quantitative estimate of drug-likeness (QED) is 0.362. The summed E-state index contributed by atoms with van der Waals surface area (Å²) in [6.45, 7) is 0. The molecule has 0 spiro atoms. The van der Waals surface area contributed by atoms with Crippen molar-refractivity contribution < 1.29 is 19.1 Å². The van der Waals surface area contributed by atoms with E-state index in [0.29, 0.717) is 15.5 Å². The molecule has 0 bridgehead atoms. The van der Waals surface area contributed by atoms with E-state index in [2.05, 4.69) is 0 Å². The normalized spacial score (nSPS) is 10.4. The van der Waals surface area contributed by atoms with Crippen LogP contribution in [0.2, 0.25) is 0 Å². The maximum atomic E-state index is 12.0. The Balaban J connectivity index is 0.00000120. The van der Waals surface area contributed by atoms with Gasteiger partial charge < -0.3 is 14.6 Å². The molecule has 0 unspecified atom stereocenters. The van der Waals surface area contributed by atoms with Gasteiger partial charge in [0.1, 0.15) is 11.5 Å². The zero-order valence-corrected chi connectivity index (χ0v) is 11.6. The van der Waals surface area contributed by atoms with Crippen molar-refractivity contribution >= 4 is 51.8 Å². The van der Waals surface area contributed by atoms with Crippen LogP contribution >= 0.6 is 0 Å². The third kappa shape index (κ3) is 1.96. The Kier molecular flexibility index (Phi) is 3.30. The van der Waals surface area contributed by atoms with Crippen molar-refractivity contribution in [3.8, 4) is 11.5 Å². The predicted molar refractivity (Wildman–Crippen MR) is 66.2 cm³/mol. The van der Waals surface area contributed by atoms with Gasteiger partial charge in [-0.15, -0.1) is 0 Å². The topological polar surface area (TPSA) is 76.6 Å². The van der Waals surface area contributed by atoms with Crippen molar-refractivity contribution in [2.75, 3.05) is 0 Å². The molecule has 0 aliphatic heterocycles. The molecule has 18 heavy (non-hydrogen) atoms. The minimum Gasteiger partial charge on any atom is -0.508 e. The summed E-state index contributed by atoms with van der Waals surface area (Å²) in [6, 6.07) is 8.50. The Morgan fingerprint density at radius 1 is 0.889 bits per heavy atom. The van der Waals surface area contributed by atoms with Crippen molar-refractivity contribution in [2.24, 2.45) is 0 Å². The van der Waals surface area contributed by atoms with E-state index in [1.807, 2.05) is 0 Å². The van der Waals surface area contributed by atoms with Gasteiger partial charge in [0.2, 0.25) is 11.2 Å². The molecular formula is C12H8NNaO4+. The van der Waals surface area contributed by atoms with Crippen molar-refractivity contribution in [3.63, 3.8) is 0 Å². The second kappa shape index (κ2) is 4.61. The van der Waals surface area contributed by atoms with Gasteiger partial charge in [0, 0.05) is 58.7 Å². The van der Waals surface area contributed by atoms with E-state index in [9.17, 15) is 15.1 Å². The first-order chi connectivity index (χ1) is 8.15. The molecule has 0 fully saturated rings. The molecular weight excluding hydrogens is 245 g/mol. The number of phenols is 2. The fourth-order valence-corrected chi connectivity index (χ4v) is 1.75. The molecule has 5 nitrogen and oxygen atoms in total. The summed E-state index contributed by atoms with van der Waals surface area (Å²) >= 11 is 0. The summed E-state index contributed by atoms with van der Waals surface area (Å²) < 4.78 is 6.15. The van der Waals surface area contributed by atoms with Crippen LogP contribution in [0.25, 0.3) is 22.2 Å². The van der Waals surface area contributed by atoms with Crippen LogP contribution in [-0.2, 0) is 0 Å². The average molecular weight is 253 g/mol. The van der Waals surface area contributed by atoms with Gasteiger partial charge in [-0.2, -0.15) is 0 Å². The van der Waals surface area contributed by atoms with E-state index in [-0.39, 0.29) is 52.2 Å². The summed E-state index contributed by atoms with van der Waals surface area (Å²) in [5, 5.41) is 18.7. The Morgan fingerprint density at radius 2 is 1.33 bits per heavy atom. The van der Waals surface area contributed by atoms with Crippen molar-refractivity contribution in [1.29, 1.82) is 0 Å². The number of nitrogens with zero attached hydrogens (tertiary/aromatic N) is 1. The van der Waals surface area contributed by atoms with Crippen molar-refractivity contribution in [1.82, 2.24) is 0 Å². The number of hydrogen-bond donors (Lipinski definition) is 2. The first-order valence-electron chi connectivity index (χ1n) is 4.96. The number of hydrogen-bond acceptors (Lipinski definition) is 4. The van der Waals surface area contributed by atoms with E-state index in [0.717, 1.165) is 0 Å². The standard InChI is InChI=1S/C12H7NO4.Na/c14-7-1-3-9-11(5-7)17-12-6-8(15)2-4-10(12)13(9)16;/h1-6H,(H-,14,15,16);/p+1. The third-order valence-corrected chi connectivity index (χ3v) is 2.54. The minimum absolute atomic E-state index is 0. The van der Waals surface area contributed by atoms with Gasteiger partial charge in [-0.3, -0.25) is 0 Å². The predicted octanol–water partition coefficient (Wildman–Crippen LogP) is 1.53. The second-order valence-corrected chi connectivity index (χ2v) is 3.70. The molecule has 1 aromatic heterocycles. The van der Waals surface area contributed by atoms with Gasteiger partial charge in [0.25, 0.3) is 0 Å². The Labute approximate surface area is 123 Å². The van der Waals surface area contributed by atoms with Gasteiger partial charge in [-0.05, 0) is 12.1 Å². The van der Waals surface area contributed by atoms with Gasteiger partial charge in [0.15, 0.2) is 0 Å². The summed E-state index contributed by atoms with van der Waals surface area (Å²) in [5.41, 5.74) is 1.16. The molecule has 2 aromatic carbocycles. The number of benzene rings is 2. The molecule has 85 valence electrons. The molecule has 0 atom stereocenters. The molecule has 3 aromatic rings. The minimum atomic E-state index is 0. The maximum Gasteiger partial charge on any atom is 0.306 e. The summed E-state index contributed by atoms with van der Waals surface area (Å²) in [7, 11) is 0. The summed E-state index contributed by atoms with van der Waals surface area (Å²) in [4.78, 5) is 12.0. The third-order valence-electron chi connectivity index (χ3n) is 2.54. The molecule has 0 aliphatic rings. The molecule has 1 radical (unpaired) electrons. The van der Waals surface area contributed by atoms with Crippen LogP contribution in [0, 0.1) is 4.91 Å². The van der Waals surface area contributed by atoms with E-state index in [4.69, 9.17) is 4.42 Å². The maximum absolute atomic E-state index is 12.0. The van der Waals surface area contributed by atoms with Crippen LogP contribution in [0.4, 0.5) is 0 Å². The average Bonchev–Trinajstić information content (AvgIpc) is 2.28. The fraction of sp³-hybridized carbons (Fsp3) is 0. The molecule has 6 heteroatoms. The molecule has 0 saturated carbocycles. The van der Waals surface area contributed by atoms with E-state index < -0.39 is 0 Å².